The maximum absolute atomic E-state index is 11.6. The first-order valence-corrected chi connectivity index (χ1v) is 10.1. The van der Waals surface area contributed by atoms with Gasteiger partial charge in [-0.05, 0) is 24.2 Å². The second-order valence-corrected chi connectivity index (χ2v) is 11.4. The minimum atomic E-state index is -1.74. The predicted octanol–water partition coefficient (Wildman–Crippen LogP) is 3.71. The van der Waals surface area contributed by atoms with Crippen molar-refractivity contribution in [3.05, 3.63) is 11.6 Å². The van der Waals surface area contributed by atoms with Gasteiger partial charge >= 0.3 is 0 Å². The van der Waals surface area contributed by atoms with Crippen LogP contribution in [0.3, 0.4) is 0 Å². The molecule has 0 fully saturated rings. The Balaban J connectivity index is 2.71. The van der Waals surface area contributed by atoms with Gasteiger partial charge in [-0.25, -0.2) is 0 Å². The van der Waals surface area contributed by atoms with Gasteiger partial charge in [0, 0.05) is 16.4 Å². The molecular weight excluding hydrogens is 331 g/mol. The molecule has 16 heavy (non-hydrogen) atoms. The molecule has 4 heteroatoms. The zero-order valence-electron chi connectivity index (χ0n) is 10.8. The standard InChI is InChI=1S/C12H21IO2Si/c1-12(2,3)16(4,5)15-10-6-9(8-13)11(14)7-10/h6,10H,7-8H2,1-5H3. The van der Waals surface area contributed by atoms with Crippen molar-refractivity contribution < 1.29 is 9.22 Å². The van der Waals surface area contributed by atoms with Gasteiger partial charge in [-0.15, -0.1) is 0 Å². The van der Waals surface area contributed by atoms with E-state index >= 15 is 0 Å². The van der Waals surface area contributed by atoms with Gasteiger partial charge in [-0.1, -0.05) is 43.4 Å². The van der Waals surface area contributed by atoms with Gasteiger partial charge in [0.05, 0.1) is 6.10 Å². The number of carbonyl (C=O) groups is 1. The number of alkyl halides is 1. The van der Waals surface area contributed by atoms with E-state index in [1.807, 2.05) is 6.08 Å². The Morgan fingerprint density at radius 3 is 2.44 bits per heavy atom. The first-order chi connectivity index (χ1) is 7.17. The molecule has 92 valence electrons. The molecule has 0 radical (unpaired) electrons. The van der Waals surface area contributed by atoms with E-state index < -0.39 is 8.32 Å². The lowest BCUT2D eigenvalue weighted by Crippen LogP contribution is -2.43. The number of allylic oxidation sites excluding steroid dienone is 1. The summed E-state index contributed by atoms with van der Waals surface area (Å²) < 4.78 is 7.00. The monoisotopic (exact) mass is 352 g/mol. The van der Waals surface area contributed by atoms with E-state index in [1.54, 1.807) is 0 Å². The zero-order valence-corrected chi connectivity index (χ0v) is 13.9. The highest BCUT2D eigenvalue weighted by Crippen LogP contribution is 2.38. The van der Waals surface area contributed by atoms with Crippen LogP contribution in [0, 0.1) is 0 Å². The minimum absolute atomic E-state index is 0.0261. The predicted molar refractivity (Wildman–Crippen MR) is 78.7 cm³/mol. The van der Waals surface area contributed by atoms with Gasteiger partial charge in [0.25, 0.3) is 0 Å². The molecule has 0 bridgehead atoms. The maximum Gasteiger partial charge on any atom is 0.192 e. The van der Waals surface area contributed by atoms with E-state index in [-0.39, 0.29) is 16.9 Å². The van der Waals surface area contributed by atoms with Crippen LogP contribution in [0.25, 0.3) is 0 Å². The Morgan fingerprint density at radius 1 is 1.50 bits per heavy atom. The van der Waals surface area contributed by atoms with Crippen LogP contribution in [-0.4, -0.2) is 24.6 Å². The van der Waals surface area contributed by atoms with E-state index in [0.717, 1.165) is 10.0 Å². The highest BCUT2D eigenvalue weighted by Gasteiger charge is 2.40. The molecule has 0 N–H and O–H groups in total. The molecule has 1 unspecified atom stereocenters. The third-order valence-electron chi connectivity index (χ3n) is 3.53. The summed E-state index contributed by atoms with van der Waals surface area (Å²) in [6, 6.07) is 0. The lowest BCUT2D eigenvalue weighted by atomic mass is 10.2. The average Bonchev–Trinajstić information content (AvgIpc) is 2.43. The Hall–Kier alpha value is 0.317. The minimum Gasteiger partial charge on any atom is -0.410 e. The number of hydrogen-bond donors (Lipinski definition) is 0. The fourth-order valence-corrected chi connectivity index (χ4v) is 3.38. The van der Waals surface area contributed by atoms with Crippen molar-refractivity contribution in [1.82, 2.24) is 0 Å². The van der Waals surface area contributed by atoms with Crippen LogP contribution < -0.4 is 0 Å². The van der Waals surface area contributed by atoms with E-state index in [4.69, 9.17) is 4.43 Å². The van der Waals surface area contributed by atoms with E-state index in [9.17, 15) is 4.79 Å². The second kappa shape index (κ2) is 4.90. The molecule has 0 amide bonds. The van der Waals surface area contributed by atoms with Crippen LogP contribution in [0.2, 0.25) is 18.1 Å². The van der Waals surface area contributed by atoms with Crippen molar-refractivity contribution in [2.24, 2.45) is 0 Å². The molecule has 2 nitrogen and oxygen atoms in total. The third-order valence-corrected chi connectivity index (χ3v) is 8.85. The molecule has 0 heterocycles. The SMILES string of the molecule is CC(C)(C)[Si](C)(C)OC1C=C(CI)C(=O)C1. The first kappa shape index (κ1) is 14.4. The van der Waals surface area contributed by atoms with Gasteiger partial charge in [0.1, 0.15) is 0 Å². The first-order valence-electron chi connectivity index (χ1n) is 5.65. The molecule has 0 aromatic heterocycles. The lowest BCUT2D eigenvalue weighted by Gasteiger charge is -2.37. The van der Waals surface area contributed by atoms with Crippen LogP contribution in [0.5, 0.6) is 0 Å². The van der Waals surface area contributed by atoms with Gasteiger partial charge in [-0.3, -0.25) is 4.79 Å². The Kier molecular flexibility index (Phi) is 4.40. The van der Waals surface area contributed by atoms with Crippen molar-refractivity contribution in [3.63, 3.8) is 0 Å². The fraction of sp³-hybridized carbons (Fsp3) is 0.750. The molecule has 1 aliphatic carbocycles. The summed E-state index contributed by atoms with van der Waals surface area (Å²) in [5.74, 6) is 0.262. The molecule has 0 aromatic rings. The van der Waals surface area contributed by atoms with E-state index in [1.165, 1.54) is 0 Å². The molecular formula is C12H21IO2Si. The van der Waals surface area contributed by atoms with Crippen molar-refractivity contribution >= 4 is 36.7 Å². The van der Waals surface area contributed by atoms with Crippen LogP contribution in [0.4, 0.5) is 0 Å². The molecule has 0 spiro atoms. The molecule has 1 atom stereocenters. The van der Waals surface area contributed by atoms with Crippen LogP contribution in [-0.2, 0) is 9.22 Å². The summed E-state index contributed by atoms with van der Waals surface area (Å²) in [4.78, 5) is 11.6. The summed E-state index contributed by atoms with van der Waals surface area (Å²) in [5.41, 5.74) is 0.935. The molecule has 0 aliphatic heterocycles. The molecule has 1 rings (SSSR count). The van der Waals surface area contributed by atoms with E-state index in [0.29, 0.717) is 6.42 Å². The molecule has 0 saturated carbocycles. The highest BCUT2D eigenvalue weighted by molar-refractivity contribution is 14.1. The van der Waals surface area contributed by atoms with Crippen molar-refractivity contribution in [2.45, 2.75) is 51.4 Å². The highest BCUT2D eigenvalue weighted by atomic mass is 127. The Morgan fingerprint density at radius 2 is 2.06 bits per heavy atom. The fourth-order valence-electron chi connectivity index (χ4n) is 1.44. The number of halogens is 1. The van der Waals surface area contributed by atoms with Gasteiger partial charge < -0.3 is 4.43 Å². The normalized spacial score (nSPS) is 22.5. The summed E-state index contributed by atoms with van der Waals surface area (Å²) in [6.45, 7) is 11.1. The number of rotatable bonds is 3. The quantitative estimate of drug-likeness (QED) is 0.440. The number of carbonyl (C=O) groups excluding carboxylic acids is 1. The number of Topliss-reactive ketones (excluding diaryl/α,β-unsaturated/α-hetero) is 1. The van der Waals surface area contributed by atoms with Gasteiger partial charge in [0.15, 0.2) is 14.1 Å². The average molecular weight is 352 g/mol. The molecule has 1 aliphatic rings. The largest absolute Gasteiger partial charge is 0.410 e. The molecule has 0 aromatic carbocycles. The summed E-state index contributed by atoms with van der Waals surface area (Å²) in [7, 11) is -1.74. The van der Waals surface area contributed by atoms with Crippen LogP contribution in [0.15, 0.2) is 11.6 Å². The smallest absolute Gasteiger partial charge is 0.192 e. The number of ketones is 1. The van der Waals surface area contributed by atoms with Gasteiger partial charge in [-0.2, -0.15) is 0 Å². The summed E-state index contributed by atoms with van der Waals surface area (Å²) in [6.07, 6.45) is 2.60. The van der Waals surface area contributed by atoms with Crippen LogP contribution >= 0.6 is 22.6 Å². The summed E-state index contributed by atoms with van der Waals surface area (Å²) in [5, 5.41) is 0.205. The lowest BCUT2D eigenvalue weighted by molar-refractivity contribution is -0.115. The summed E-state index contributed by atoms with van der Waals surface area (Å²) >= 11 is 2.23. The Labute approximate surface area is 113 Å². The van der Waals surface area contributed by atoms with E-state index in [2.05, 4.69) is 56.5 Å². The second-order valence-electron chi connectivity index (χ2n) is 5.87. The maximum atomic E-state index is 11.6. The Bertz CT molecular complexity index is 315. The van der Waals surface area contributed by atoms with Crippen molar-refractivity contribution in [2.75, 3.05) is 4.43 Å². The zero-order chi connectivity index (χ0) is 12.6. The van der Waals surface area contributed by atoms with Crippen LogP contribution in [0.1, 0.15) is 27.2 Å². The number of hydrogen-bond acceptors (Lipinski definition) is 2. The van der Waals surface area contributed by atoms with Crippen molar-refractivity contribution in [1.29, 1.82) is 0 Å². The topological polar surface area (TPSA) is 26.3 Å². The third kappa shape index (κ3) is 3.17. The van der Waals surface area contributed by atoms with Crippen molar-refractivity contribution in [3.8, 4) is 0 Å². The van der Waals surface area contributed by atoms with Gasteiger partial charge in [0.2, 0.25) is 0 Å². The molecule has 0 saturated heterocycles.